The average Bonchev–Trinajstić information content (AvgIpc) is 2.63. The van der Waals surface area contributed by atoms with E-state index in [0.29, 0.717) is 13.1 Å². The standard InChI is InChI=1S/C20H23N3O3/c1-13-5-7-16(8-6-13)23-10-9-22(12-18(23)24)20(26)17-11-14(2)15(3)21(4)19(17)25/h5-8,11H,9-10,12H2,1-4H3. The van der Waals surface area contributed by atoms with Crippen LogP contribution in [0.5, 0.6) is 0 Å². The van der Waals surface area contributed by atoms with Gasteiger partial charge in [0.2, 0.25) is 5.91 Å². The fourth-order valence-electron chi connectivity index (χ4n) is 3.15. The third-order valence-electron chi connectivity index (χ3n) is 5.05. The minimum absolute atomic E-state index is 0.0250. The number of hydrogen-bond acceptors (Lipinski definition) is 3. The van der Waals surface area contributed by atoms with Gasteiger partial charge in [-0.1, -0.05) is 17.7 Å². The fourth-order valence-corrected chi connectivity index (χ4v) is 3.15. The highest BCUT2D eigenvalue weighted by molar-refractivity contribution is 6.01. The molecule has 1 aromatic carbocycles. The van der Waals surface area contributed by atoms with E-state index >= 15 is 0 Å². The van der Waals surface area contributed by atoms with Crippen LogP contribution >= 0.6 is 0 Å². The van der Waals surface area contributed by atoms with Gasteiger partial charge in [-0.15, -0.1) is 0 Å². The van der Waals surface area contributed by atoms with Crippen molar-refractivity contribution in [2.75, 3.05) is 24.5 Å². The molecule has 0 atom stereocenters. The van der Waals surface area contributed by atoms with E-state index in [4.69, 9.17) is 0 Å². The molecule has 2 heterocycles. The average molecular weight is 353 g/mol. The number of carbonyl (C=O) groups excluding carboxylic acids is 2. The Labute approximate surface area is 152 Å². The van der Waals surface area contributed by atoms with Crippen LogP contribution in [0.15, 0.2) is 35.1 Å². The summed E-state index contributed by atoms with van der Waals surface area (Å²) in [6, 6.07) is 9.35. The van der Waals surface area contributed by atoms with Crippen LogP contribution < -0.4 is 10.5 Å². The summed E-state index contributed by atoms with van der Waals surface area (Å²) in [5.41, 5.74) is 3.45. The van der Waals surface area contributed by atoms with Gasteiger partial charge in [-0.05, 0) is 44.5 Å². The Kier molecular flexibility index (Phi) is 4.68. The first-order valence-corrected chi connectivity index (χ1v) is 8.63. The number of piperazine rings is 1. The third kappa shape index (κ3) is 3.14. The van der Waals surface area contributed by atoms with Crippen LogP contribution in [0.25, 0.3) is 0 Å². The molecular weight excluding hydrogens is 330 g/mol. The Morgan fingerprint density at radius 1 is 1.00 bits per heavy atom. The van der Waals surface area contributed by atoms with Crippen molar-refractivity contribution in [3.8, 4) is 0 Å². The Morgan fingerprint density at radius 2 is 1.65 bits per heavy atom. The summed E-state index contributed by atoms with van der Waals surface area (Å²) in [6.07, 6.45) is 0. The van der Waals surface area contributed by atoms with Gasteiger partial charge in [0.25, 0.3) is 11.5 Å². The maximum atomic E-state index is 12.8. The number of aryl methyl sites for hydroxylation is 2. The smallest absolute Gasteiger partial charge is 0.263 e. The van der Waals surface area contributed by atoms with Gasteiger partial charge < -0.3 is 14.4 Å². The van der Waals surface area contributed by atoms with Gasteiger partial charge in [-0.25, -0.2) is 0 Å². The topological polar surface area (TPSA) is 62.6 Å². The number of pyridine rings is 1. The predicted octanol–water partition coefficient (Wildman–Crippen LogP) is 1.80. The Morgan fingerprint density at radius 3 is 2.27 bits per heavy atom. The van der Waals surface area contributed by atoms with Crippen LogP contribution in [0.4, 0.5) is 5.69 Å². The van der Waals surface area contributed by atoms with Crippen molar-refractivity contribution < 1.29 is 9.59 Å². The van der Waals surface area contributed by atoms with E-state index in [2.05, 4.69) is 0 Å². The summed E-state index contributed by atoms with van der Waals surface area (Å²) in [5, 5.41) is 0. The number of hydrogen-bond donors (Lipinski definition) is 0. The fraction of sp³-hybridized carbons (Fsp3) is 0.350. The number of amides is 2. The summed E-state index contributed by atoms with van der Waals surface area (Å²) in [6.45, 7) is 6.49. The predicted molar refractivity (Wildman–Crippen MR) is 101 cm³/mol. The van der Waals surface area contributed by atoms with Crippen molar-refractivity contribution in [1.82, 2.24) is 9.47 Å². The summed E-state index contributed by atoms with van der Waals surface area (Å²) in [4.78, 5) is 40.9. The number of carbonyl (C=O) groups is 2. The van der Waals surface area contributed by atoms with Crippen LogP contribution in [0, 0.1) is 20.8 Å². The van der Waals surface area contributed by atoms with Crippen molar-refractivity contribution in [2.45, 2.75) is 20.8 Å². The van der Waals surface area contributed by atoms with Crippen molar-refractivity contribution in [3.63, 3.8) is 0 Å². The molecule has 2 aromatic rings. The van der Waals surface area contributed by atoms with Crippen LogP contribution in [0.1, 0.15) is 27.2 Å². The molecule has 1 aliphatic rings. The molecule has 6 nitrogen and oxygen atoms in total. The first kappa shape index (κ1) is 17.9. The van der Waals surface area contributed by atoms with Gasteiger partial charge in [-0.2, -0.15) is 0 Å². The maximum absolute atomic E-state index is 12.8. The monoisotopic (exact) mass is 353 g/mol. The van der Waals surface area contributed by atoms with E-state index < -0.39 is 0 Å². The lowest BCUT2D eigenvalue weighted by Crippen LogP contribution is -2.53. The van der Waals surface area contributed by atoms with E-state index in [9.17, 15) is 14.4 Å². The number of benzene rings is 1. The van der Waals surface area contributed by atoms with Crippen LogP contribution in [0.3, 0.4) is 0 Å². The molecular formula is C20H23N3O3. The van der Waals surface area contributed by atoms with Crippen molar-refractivity contribution in [2.24, 2.45) is 7.05 Å². The second-order valence-corrected chi connectivity index (χ2v) is 6.80. The Hall–Kier alpha value is -2.89. The van der Waals surface area contributed by atoms with Crippen molar-refractivity contribution in [3.05, 3.63) is 63.1 Å². The molecule has 2 amide bonds. The lowest BCUT2D eigenvalue weighted by Gasteiger charge is -2.34. The highest BCUT2D eigenvalue weighted by Gasteiger charge is 2.30. The summed E-state index contributed by atoms with van der Waals surface area (Å²) >= 11 is 0. The maximum Gasteiger partial charge on any atom is 0.263 e. The Balaban J connectivity index is 1.81. The molecule has 0 bridgehead atoms. The number of aromatic nitrogens is 1. The molecule has 0 radical (unpaired) electrons. The zero-order chi connectivity index (χ0) is 19.0. The third-order valence-corrected chi connectivity index (χ3v) is 5.05. The highest BCUT2D eigenvalue weighted by atomic mass is 16.2. The molecule has 136 valence electrons. The highest BCUT2D eigenvalue weighted by Crippen LogP contribution is 2.19. The molecule has 0 unspecified atom stereocenters. The Bertz CT molecular complexity index is 929. The molecule has 0 aliphatic carbocycles. The molecule has 0 N–H and O–H groups in total. The summed E-state index contributed by atoms with van der Waals surface area (Å²) in [7, 11) is 1.65. The summed E-state index contributed by atoms with van der Waals surface area (Å²) < 4.78 is 1.48. The largest absolute Gasteiger partial charge is 0.327 e. The molecule has 1 fully saturated rings. The second-order valence-electron chi connectivity index (χ2n) is 6.80. The normalized spacial score (nSPS) is 14.7. The van der Waals surface area contributed by atoms with Crippen LogP contribution in [-0.2, 0) is 11.8 Å². The molecule has 6 heteroatoms. The van der Waals surface area contributed by atoms with Gasteiger partial charge in [-0.3, -0.25) is 14.4 Å². The molecule has 0 saturated carbocycles. The number of rotatable bonds is 2. The van der Waals surface area contributed by atoms with Gasteiger partial charge in [0.15, 0.2) is 0 Å². The first-order chi connectivity index (χ1) is 12.3. The van der Waals surface area contributed by atoms with E-state index in [-0.39, 0.29) is 29.5 Å². The van der Waals surface area contributed by atoms with Crippen molar-refractivity contribution >= 4 is 17.5 Å². The number of nitrogens with zero attached hydrogens (tertiary/aromatic N) is 3. The second kappa shape index (κ2) is 6.78. The molecule has 3 rings (SSSR count). The lowest BCUT2D eigenvalue weighted by molar-refractivity contribution is -0.120. The quantitative estimate of drug-likeness (QED) is 0.827. The van der Waals surface area contributed by atoms with E-state index in [1.165, 1.54) is 9.47 Å². The number of anilines is 1. The first-order valence-electron chi connectivity index (χ1n) is 8.63. The van der Waals surface area contributed by atoms with E-state index in [0.717, 1.165) is 22.5 Å². The van der Waals surface area contributed by atoms with Gasteiger partial charge >= 0.3 is 0 Å². The minimum atomic E-state index is -0.384. The molecule has 1 aliphatic heterocycles. The van der Waals surface area contributed by atoms with Crippen molar-refractivity contribution in [1.29, 1.82) is 0 Å². The van der Waals surface area contributed by atoms with E-state index in [1.54, 1.807) is 18.0 Å². The van der Waals surface area contributed by atoms with E-state index in [1.807, 2.05) is 45.0 Å². The van der Waals surface area contributed by atoms with Crippen LogP contribution in [0.2, 0.25) is 0 Å². The molecule has 1 saturated heterocycles. The minimum Gasteiger partial charge on any atom is -0.327 e. The molecule has 26 heavy (non-hydrogen) atoms. The van der Waals surface area contributed by atoms with Crippen LogP contribution in [-0.4, -0.2) is 40.9 Å². The van der Waals surface area contributed by atoms with Gasteiger partial charge in [0.05, 0.1) is 0 Å². The van der Waals surface area contributed by atoms with Gasteiger partial charge in [0, 0.05) is 31.5 Å². The zero-order valence-electron chi connectivity index (χ0n) is 15.6. The SMILES string of the molecule is Cc1ccc(N2CCN(C(=O)c3cc(C)c(C)n(C)c3=O)CC2=O)cc1. The molecule has 1 aromatic heterocycles. The molecule has 0 spiro atoms. The zero-order valence-corrected chi connectivity index (χ0v) is 15.6. The lowest BCUT2D eigenvalue weighted by atomic mass is 10.1. The van der Waals surface area contributed by atoms with Gasteiger partial charge in [0.1, 0.15) is 12.1 Å². The summed E-state index contributed by atoms with van der Waals surface area (Å²) in [5.74, 6) is -0.528.